The number of aryl methyl sites for hydroxylation is 2. The normalized spacial score (nSPS) is 16.2. The van der Waals surface area contributed by atoms with Crippen LogP contribution in [0.15, 0.2) is 84.9 Å². The minimum atomic E-state index is -0.801. The van der Waals surface area contributed by atoms with Crippen molar-refractivity contribution < 1.29 is 14.4 Å². The topological polar surface area (TPSA) is 83.7 Å². The van der Waals surface area contributed by atoms with Crippen molar-refractivity contribution in [2.24, 2.45) is 17.6 Å². The number of hydrogen-bond acceptors (Lipinski definition) is 3. The number of nitrogens with two attached hydrogens (primary N) is 1. The summed E-state index contributed by atoms with van der Waals surface area (Å²) in [6.45, 7) is 6.02. The van der Waals surface area contributed by atoms with Crippen LogP contribution in [0.1, 0.15) is 34.0 Å². The Labute approximate surface area is 222 Å². The Balaban J connectivity index is 1.67. The number of benzene rings is 4. The van der Waals surface area contributed by atoms with Crippen molar-refractivity contribution in [1.82, 2.24) is 0 Å². The summed E-state index contributed by atoms with van der Waals surface area (Å²) in [5, 5.41) is 2.15. The van der Waals surface area contributed by atoms with Crippen molar-refractivity contribution in [2.45, 2.75) is 27.3 Å². The van der Waals surface area contributed by atoms with Gasteiger partial charge >= 0.3 is 0 Å². The van der Waals surface area contributed by atoms with E-state index in [1.54, 1.807) is 28.9 Å². The van der Waals surface area contributed by atoms with Crippen LogP contribution >= 0.6 is 0 Å². The fourth-order valence-electron chi connectivity index (χ4n) is 5.20. The van der Waals surface area contributed by atoms with Gasteiger partial charge in [0, 0.05) is 18.0 Å². The largest absolute Gasteiger partial charge is 0.369 e. The Hall–Kier alpha value is -4.45. The molecule has 0 saturated carbocycles. The lowest BCUT2D eigenvalue weighted by Gasteiger charge is -2.28. The van der Waals surface area contributed by atoms with E-state index in [0.717, 1.165) is 27.5 Å². The van der Waals surface area contributed by atoms with E-state index in [1.165, 1.54) is 0 Å². The molecule has 6 heteroatoms. The summed E-state index contributed by atoms with van der Waals surface area (Å²) in [6, 6.07) is 27.0. The lowest BCUT2D eigenvalue weighted by atomic mass is 9.91. The number of carbonyl (C=O) groups is 3. The molecule has 0 spiro atoms. The Morgan fingerprint density at radius 3 is 2.26 bits per heavy atom. The predicted molar refractivity (Wildman–Crippen MR) is 151 cm³/mol. The van der Waals surface area contributed by atoms with Gasteiger partial charge in [-0.15, -0.1) is 0 Å². The molecule has 0 fully saturated rings. The number of amides is 3. The standard InChI is InChI=1S/C32H31N3O3/c1-20-12-15-24(16-13-20)31(37)34-19-27(22(3)30(33)36)32(38)35(29-11-7-6-10-28(29)34)18-26-21(2)14-17-23-8-4-5-9-25(23)26/h4-17,22,27H,18-19H2,1-3H3,(H2,33,36)/t22?,27-/m1/s1. The molecule has 0 aromatic heterocycles. The van der Waals surface area contributed by atoms with Crippen LogP contribution in [0.2, 0.25) is 0 Å². The van der Waals surface area contributed by atoms with Crippen LogP contribution in [-0.4, -0.2) is 24.3 Å². The van der Waals surface area contributed by atoms with E-state index in [-0.39, 0.29) is 18.4 Å². The van der Waals surface area contributed by atoms with Crippen LogP contribution in [0.5, 0.6) is 0 Å². The number of hydrogen-bond donors (Lipinski definition) is 1. The second-order valence-corrected chi connectivity index (χ2v) is 10.1. The molecule has 3 amide bonds. The van der Waals surface area contributed by atoms with Crippen LogP contribution in [0.4, 0.5) is 11.4 Å². The first-order valence-electron chi connectivity index (χ1n) is 12.8. The molecule has 2 N–H and O–H groups in total. The summed E-state index contributed by atoms with van der Waals surface area (Å²) >= 11 is 0. The molecule has 38 heavy (non-hydrogen) atoms. The first-order chi connectivity index (χ1) is 18.3. The number of para-hydroxylation sites is 2. The molecule has 192 valence electrons. The van der Waals surface area contributed by atoms with Crippen molar-refractivity contribution >= 4 is 39.9 Å². The third-order valence-corrected chi connectivity index (χ3v) is 7.61. The summed E-state index contributed by atoms with van der Waals surface area (Å²) in [4.78, 5) is 43.8. The van der Waals surface area contributed by atoms with Gasteiger partial charge in [0.15, 0.2) is 0 Å². The number of rotatable bonds is 5. The summed E-state index contributed by atoms with van der Waals surface area (Å²) in [6.07, 6.45) is 0. The van der Waals surface area contributed by atoms with E-state index in [1.807, 2.05) is 62.4 Å². The molecule has 2 atom stereocenters. The smallest absolute Gasteiger partial charge is 0.258 e. The highest BCUT2D eigenvalue weighted by Crippen LogP contribution is 2.38. The van der Waals surface area contributed by atoms with Gasteiger partial charge in [-0.3, -0.25) is 14.4 Å². The quantitative estimate of drug-likeness (QED) is 0.395. The van der Waals surface area contributed by atoms with Gasteiger partial charge in [0.2, 0.25) is 11.8 Å². The van der Waals surface area contributed by atoms with Gasteiger partial charge in [0.25, 0.3) is 5.91 Å². The zero-order valence-electron chi connectivity index (χ0n) is 21.8. The highest BCUT2D eigenvalue weighted by atomic mass is 16.2. The van der Waals surface area contributed by atoms with Crippen LogP contribution in [0.3, 0.4) is 0 Å². The van der Waals surface area contributed by atoms with E-state index in [2.05, 4.69) is 24.3 Å². The highest BCUT2D eigenvalue weighted by molar-refractivity contribution is 6.12. The minimum Gasteiger partial charge on any atom is -0.369 e. The van der Waals surface area contributed by atoms with Gasteiger partial charge in [0.1, 0.15) is 0 Å². The lowest BCUT2D eigenvalue weighted by molar-refractivity contribution is -0.130. The van der Waals surface area contributed by atoms with E-state index in [0.29, 0.717) is 23.5 Å². The minimum absolute atomic E-state index is 0.0533. The molecule has 0 aliphatic carbocycles. The molecule has 1 aliphatic rings. The lowest BCUT2D eigenvalue weighted by Crippen LogP contribution is -2.45. The van der Waals surface area contributed by atoms with Crippen molar-refractivity contribution in [2.75, 3.05) is 16.3 Å². The number of anilines is 2. The van der Waals surface area contributed by atoms with Gasteiger partial charge in [-0.2, -0.15) is 0 Å². The highest BCUT2D eigenvalue weighted by Gasteiger charge is 2.40. The van der Waals surface area contributed by atoms with E-state index >= 15 is 0 Å². The SMILES string of the molecule is Cc1ccc(C(=O)N2C[C@H](C(C)C(N)=O)C(=O)N(Cc3c(C)ccc4ccccc34)c3ccccc32)cc1. The van der Waals surface area contributed by atoms with E-state index < -0.39 is 17.7 Å². The second-order valence-electron chi connectivity index (χ2n) is 10.1. The molecule has 0 bridgehead atoms. The third-order valence-electron chi connectivity index (χ3n) is 7.61. The average Bonchev–Trinajstić information content (AvgIpc) is 3.04. The monoisotopic (exact) mass is 505 g/mol. The third kappa shape index (κ3) is 4.54. The summed E-state index contributed by atoms with van der Waals surface area (Å²) < 4.78 is 0. The molecule has 4 aromatic rings. The van der Waals surface area contributed by atoms with Gasteiger partial charge < -0.3 is 15.5 Å². The molecule has 6 nitrogen and oxygen atoms in total. The molecular weight excluding hydrogens is 474 g/mol. The molecule has 1 heterocycles. The van der Waals surface area contributed by atoms with Crippen molar-refractivity contribution in [3.05, 3.63) is 107 Å². The van der Waals surface area contributed by atoms with Gasteiger partial charge in [0.05, 0.1) is 23.8 Å². The number of fused-ring (bicyclic) bond motifs is 2. The Kier molecular flexibility index (Phi) is 6.72. The van der Waals surface area contributed by atoms with E-state index in [4.69, 9.17) is 5.73 Å². The van der Waals surface area contributed by atoms with Crippen LogP contribution in [-0.2, 0) is 16.1 Å². The molecule has 4 aromatic carbocycles. The fraction of sp³-hybridized carbons (Fsp3) is 0.219. The van der Waals surface area contributed by atoms with Crippen LogP contribution in [0, 0.1) is 25.7 Å². The summed E-state index contributed by atoms with van der Waals surface area (Å²) in [7, 11) is 0. The first-order valence-corrected chi connectivity index (χ1v) is 12.8. The van der Waals surface area contributed by atoms with Gasteiger partial charge in [-0.25, -0.2) is 0 Å². The number of primary amides is 1. The molecule has 1 aliphatic heterocycles. The van der Waals surface area contributed by atoms with E-state index in [9.17, 15) is 14.4 Å². The fourth-order valence-corrected chi connectivity index (χ4v) is 5.20. The zero-order valence-corrected chi connectivity index (χ0v) is 21.8. The van der Waals surface area contributed by atoms with Crippen LogP contribution < -0.4 is 15.5 Å². The second kappa shape index (κ2) is 10.1. The average molecular weight is 506 g/mol. The summed E-state index contributed by atoms with van der Waals surface area (Å²) in [5.74, 6) is -2.59. The Bertz CT molecular complexity index is 1540. The first kappa shape index (κ1) is 25.2. The Morgan fingerprint density at radius 2 is 1.55 bits per heavy atom. The van der Waals surface area contributed by atoms with Gasteiger partial charge in [-0.1, -0.05) is 73.2 Å². The summed E-state index contributed by atoms with van der Waals surface area (Å²) in [5.41, 5.74) is 10.6. The molecule has 0 saturated heterocycles. The maximum atomic E-state index is 14.2. The van der Waals surface area contributed by atoms with Crippen molar-refractivity contribution in [1.29, 1.82) is 0 Å². The number of carbonyl (C=O) groups excluding carboxylic acids is 3. The zero-order chi connectivity index (χ0) is 27.0. The molecule has 5 rings (SSSR count). The predicted octanol–water partition coefficient (Wildman–Crippen LogP) is 5.39. The van der Waals surface area contributed by atoms with Gasteiger partial charge in [-0.05, 0) is 60.0 Å². The molecule has 0 radical (unpaired) electrons. The molecular formula is C32H31N3O3. The maximum Gasteiger partial charge on any atom is 0.258 e. The number of nitrogens with zero attached hydrogens (tertiary/aromatic N) is 2. The maximum absolute atomic E-state index is 14.2. The van der Waals surface area contributed by atoms with Crippen LogP contribution in [0.25, 0.3) is 10.8 Å². The van der Waals surface area contributed by atoms with Crippen molar-refractivity contribution in [3.63, 3.8) is 0 Å². The molecule has 1 unspecified atom stereocenters. The van der Waals surface area contributed by atoms with Crippen molar-refractivity contribution in [3.8, 4) is 0 Å². The Morgan fingerprint density at radius 1 is 0.895 bits per heavy atom.